The molecule has 0 saturated heterocycles. The summed E-state index contributed by atoms with van der Waals surface area (Å²) in [7, 11) is 0. The highest BCUT2D eigenvalue weighted by atomic mass is 79.9. The highest BCUT2D eigenvalue weighted by Crippen LogP contribution is 2.41. The SMILES string of the molecule is CCN(CC)CCCNC(=O)[C@@]1(O)c2cc(Br)ccc2NC(=O)N1c1ccc(Cl)cc1. The van der Waals surface area contributed by atoms with Crippen LogP contribution in [0.25, 0.3) is 0 Å². The molecular formula is C22H26BrClN4O3. The maximum absolute atomic E-state index is 13.3. The van der Waals surface area contributed by atoms with Crippen molar-refractivity contribution in [1.82, 2.24) is 10.2 Å². The minimum absolute atomic E-state index is 0.276. The first-order chi connectivity index (χ1) is 14.8. The third-order valence-electron chi connectivity index (χ3n) is 5.36. The first kappa shape index (κ1) is 23.5. The summed E-state index contributed by atoms with van der Waals surface area (Å²) in [4.78, 5) is 29.6. The number of amides is 3. The van der Waals surface area contributed by atoms with Crippen LogP contribution < -0.4 is 15.5 Å². The topological polar surface area (TPSA) is 84.9 Å². The summed E-state index contributed by atoms with van der Waals surface area (Å²) in [6.45, 7) is 7.24. The molecule has 0 bridgehead atoms. The largest absolute Gasteiger partial charge is 0.359 e. The third-order valence-corrected chi connectivity index (χ3v) is 6.10. The summed E-state index contributed by atoms with van der Waals surface area (Å²) in [5, 5.41) is 17.8. The average Bonchev–Trinajstić information content (AvgIpc) is 2.75. The maximum atomic E-state index is 13.3. The number of urea groups is 1. The number of rotatable bonds is 8. The van der Waals surface area contributed by atoms with Gasteiger partial charge in [0, 0.05) is 27.3 Å². The van der Waals surface area contributed by atoms with E-state index in [0.717, 1.165) is 31.0 Å². The number of hydrogen-bond donors (Lipinski definition) is 3. The molecule has 0 aliphatic carbocycles. The Balaban J connectivity index is 1.94. The number of nitrogens with zero attached hydrogens (tertiary/aromatic N) is 2. The smallest absolute Gasteiger partial charge is 0.329 e. The minimum atomic E-state index is -2.23. The highest BCUT2D eigenvalue weighted by Gasteiger charge is 2.52. The number of carbonyl (C=O) groups is 2. The lowest BCUT2D eigenvalue weighted by Gasteiger charge is -2.42. The van der Waals surface area contributed by atoms with E-state index in [-0.39, 0.29) is 5.56 Å². The molecule has 3 N–H and O–H groups in total. The van der Waals surface area contributed by atoms with Crippen molar-refractivity contribution in [3.05, 3.63) is 57.5 Å². The molecule has 0 fully saturated rings. The van der Waals surface area contributed by atoms with Crippen LogP contribution in [0.4, 0.5) is 16.2 Å². The van der Waals surface area contributed by atoms with Crippen molar-refractivity contribution in [2.45, 2.75) is 26.0 Å². The van der Waals surface area contributed by atoms with Gasteiger partial charge in [0.1, 0.15) is 0 Å². The van der Waals surface area contributed by atoms with E-state index in [0.29, 0.717) is 27.4 Å². The van der Waals surface area contributed by atoms with Gasteiger partial charge in [0.15, 0.2) is 0 Å². The van der Waals surface area contributed by atoms with Gasteiger partial charge >= 0.3 is 6.03 Å². The fourth-order valence-corrected chi connectivity index (χ4v) is 4.13. The lowest BCUT2D eigenvalue weighted by Crippen LogP contribution is -2.62. The number of anilines is 2. The molecule has 1 aliphatic rings. The zero-order chi connectivity index (χ0) is 22.6. The molecule has 1 heterocycles. The van der Waals surface area contributed by atoms with Crippen LogP contribution in [0, 0.1) is 0 Å². The Kier molecular flexibility index (Phi) is 7.59. The molecule has 1 aliphatic heterocycles. The summed E-state index contributed by atoms with van der Waals surface area (Å²) in [6.07, 6.45) is 0.724. The molecule has 0 saturated carbocycles. The van der Waals surface area contributed by atoms with Crippen LogP contribution in [0.3, 0.4) is 0 Å². The van der Waals surface area contributed by atoms with Crippen molar-refractivity contribution in [2.75, 3.05) is 36.4 Å². The molecule has 31 heavy (non-hydrogen) atoms. The maximum Gasteiger partial charge on any atom is 0.329 e. The normalized spacial score (nSPS) is 18.0. The fraction of sp³-hybridized carbons (Fsp3) is 0.364. The Labute approximate surface area is 195 Å². The van der Waals surface area contributed by atoms with Crippen LogP contribution in [0.15, 0.2) is 46.9 Å². The molecule has 7 nitrogen and oxygen atoms in total. The molecule has 2 aromatic carbocycles. The van der Waals surface area contributed by atoms with E-state index in [9.17, 15) is 14.7 Å². The van der Waals surface area contributed by atoms with Crippen molar-refractivity contribution in [3.63, 3.8) is 0 Å². The first-order valence-corrected chi connectivity index (χ1v) is 11.4. The molecule has 1 atom stereocenters. The second kappa shape index (κ2) is 9.99. The van der Waals surface area contributed by atoms with Gasteiger partial charge in [0.05, 0.1) is 5.69 Å². The summed E-state index contributed by atoms with van der Waals surface area (Å²) >= 11 is 9.38. The zero-order valence-corrected chi connectivity index (χ0v) is 19.8. The lowest BCUT2D eigenvalue weighted by atomic mass is 9.94. The monoisotopic (exact) mass is 508 g/mol. The number of carbonyl (C=O) groups excluding carboxylic acids is 2. The van der Waals surface area contributed by atoms with Gasteiger partial charge in [-0.1, -0.05) is 41.4 Å². The van der Waals surface area contributed by atoms with E-state index >= 15 is 0 Å². The van der Waals surface area contributed by atoms with Crippen LogP contribution in [-0.4, -0.2) is 48.1 Å². The molecule has 0 unspecified atom stereocenters. The third kappa shape index (κ3) is 4.87. The van der Waals surface area contributed by atoms with Crippen LogP contribution in [0.1, 0.15) is 25.8 Å². The predicted octanol–water partition coefficient (Wildman–Crippen LogP) is 4.15. The number of aliphatic hydroxyl groups is 1. The highest BCUT2D eigenvalue weighted by molar-refractivity contribution is 9.10. The Morgan fingerprint density at radius 3 is 2.55 bits per heavy atom. The molecule has 2 aromatic rings. The van der Waals surface area contributed by atoms with Gasteiger partial charge in [-0.3, -0.25) is 9.69 Å². The van der Waals surface area contributed by atoms with E-state index in [2.05, 4.69) is 45.3 Å². The Bertz CT molecular complexity index is 952. The van der Waals surface area contributed by atoms with Gasteiger partial charge in [-0.15, -0.1) is 0 Å². The van der Waals surface area contributed by atoms with Gasteiger partial charge in [-0.25, -0.2) is 4.79 Å². The molecule has 9 heteroatoms. The standard InChI is InChI=1S/C22H26BrClN4O3/c1-3-27(4-2)13-5-12-25-20(29)22(31)18-14-15(23)6-11-19(18)26-21(30)28(22)17-9-7-16(24)8-10-17/h6-11,14,31H,3-5,12-13H2,1-2H3,(H,25,29)(H,26,30)/t22-/m0/s1. The summed E-state index contributed by atoms with van der Waals surface area (Å²) in [5.41, 5.74) is -1.24. The zero-order valence-electron chi connectivity index (χ0n) is 17.5. The molecule has 0 aromatic heterocycles. The van der Waals surface area contributed by atoms with Gasteiger partial charge in [0.2, 0.25) is 0 Å². The molecule has 3 amide bonds. The van der Waals surface area contributed by atoms with Crippen molar-refractivity contribution >= 4 is 50.8 Å². The summed E-state index contributed by atoms with van der Waals surface area (Å²) < 4.78 is 0.672. The van der Waals surface area contributed by atoms with Gasteiger partial charge in [-0.2, -0.15) is 0 Å². The summed E-state index contributed by atoms with van der Waals surface area (Å²) in [6, 6.07) is 10.8. The molecule has 0 spiro atoms. The molecular weight excluding hydrogens is 484 g/mol. The predicted molar refractivity (Wildman–Crippen MR) is 126 cm³/mol. The van der Waals surface area contributed by atoms with Crippen molar-refractivity contribution < 1.29 is 14.7 Å². The van der Waals surface area contributed by atoms with Gasteiger partial charge in [0.25, 0.3) is 11.6 Å². The lowest BCUT2D eigenvalue weighted by molar-refractivity contribution is -0.140. The Morgan fingerprint density at radius 1 is 1.23 bits per heavy atom. The fourth-order valence-electron chi connectivity index (χ4n) is 3.64. The first-order valence-electron chi connectivity index (χ1n) is 10.2. The van der Waals surface area contributed by atoms with Crippen molar-refractivity contribution in [2.24, 2.45) is 0 Å². The molecule has 166 valence electrons. The van der Waals surface area contributed by atoms with Crippen molar-refractivity contribution in [1.29, 1.82) is 0 Å². The number of benzene rings is 2. The second-order valence-electron chi connectivity index (χ2n) is 7.24. The van der Waals surface area contributed by atoms with Gasteiger partial charge in [-0.05, 0) is 68.5 Å². The second-order valence-corrected chi connectivity index (χ2v) is 8.59. The summed E-state index contributed by atoms with van der Waals surface area (Å²) in [5.74, 6) is -0.670. The van der Waals surface area contributed by atoms with Crippen molar-refractivity contribution in [3.8, 4) is 0 Å². The minimum Gasteiger partial charge on any atom is -0.359 e. The van der Waals surface area contributed by atoms with Crippen LogP contribution in [-0.2, 0) is 10.5 Å². The number of halogens is 2. The number of fused-ring (bicyclic) bond motifs is 1. The molecule has 3 rings (SSSR count). The quantitative estimate of drug-likeness (QED) is 0.467. The van der Waals surface area contributed by atoms with Crippen LogP contribution in [0.2, 0.25) is 5.02 Å². The average molecular weight is 510 g/mol. The van der Waals surface area contributed by atoms with E-state index in [4.69, 9.17) is 11.6 Å². The van der Waals surface area contributed by atoms with E-state index in [1.165, 1.54) is 0 Å². The van der Waals surface area contributed by atoms with E-state index in [1.807, 2.05) is 0 Å². The van der Waals surface area contributed by atoms with Crippen LogP contribution >= 0.6 is 27.5 Å². The van der Waals surface area contributed by atoms with E-state index in [1.54, 1.807) is 42.5 Å². The number of nitrogens with one attached hydrogen (secondary N) is 2. The van der Waals surface area contributed by atoms with E-state index < -0.39 is 17.7 Å². The number of hydrogen-bond acceptors (Lipinski definition) is 4. The van der Waals surface area contributed by atoms with Gasteiger partial charge < -0.3 is 20.6 Å². The van der Waals surface area contributed by atoms with Crippen LogP contribution in [0.5, 0.6) is 0 Å². The molecule has 0 radical (unpaired) electrons. The Hall–Kier alpha value is -2.13. The Morgan fingerprint density at radius 2 is 1.90 bits per heavy atom.